The average Bonchev–Trinajstić information content (AvgIpc) is 2.39. The van der Waals surface area contributed by atoms with Crippen LogP contribution in [0.3, 0.4) is 0 Å². The number of halogens is 4. The van der Waals surface area contributed by atoms with E-state index in [1.54, 1.807) is 6.92 Å². The van der Waals surface area contributed by atoms with Gasteiger partial charge >= 0.3 is 12.1 Å². The Morgan fingerprint density at radius 3 is 2.71 bits per heavy atom. The number of ether oxygens (including phenoxy) is 2. The minimum Gasteiger partial charge on any atom is -0.464 e. The third-order valence-electron chi connectivity index (χ3n) is 2.39. The number of hydrogen-bond donors (Lipinski definition) is 1. The molecule has 0 aliphatic heterocycles. The summed E-state index contributed by atoms with van der Waals surface area (Å²) in [5.41, 5.74) is -1.05. The van der Waals surface area contributed by atoms with Gasteiger partial charge in [-0.25, -0.2) is 4.79 Å². The highest BCUT2D eigenvalue weighted by Crippen LogP contribution is 2.38. The average molecular weight is 326 g/mol. The first-order chi connectivity index (χ1) is 9.86. The van der Waals surface area contributed by atoms with Crippen LogP contribution in [-0.4, -0.2) is 32.3 Å². The fourth-order valence-electron chi connectivity index (χ4n) is 1.55. The largest absolute Gasteiger partial charge is 0.464 e. The molecule has 1 aromatic rings. The monoisotopic (exact) mass is 325 g/mol. The number of anilines is 1. The van der Waals surface area contributed by atoms with E-state index in [2.05, 4.69) is 10.1 Å². The number of alkyl halides is 3. The van der Waals surface area contributed by atoms with E-state index in [-0.39, 0.29) is 37.1 Å². The molecule has 0 saturated carbocycles. The van der Waals surface area contributed by atoms with Gasteiger partial charge < -0.3 is 14.8 Å². The molecule has 0 saturated heterocycles. The predicted molar refractivity (Wildman–Crippen MR) is 72.4 cm³/mol. The second-order valence-electron chi connectivity index (χ2n) is 3.94. The van der Waals surface area contributed by atoms with Gasteiger partial charge in [0, 0.05) is 6.54 Å². The van der Waals surface area contributed by atoms with Crippen LogP contribution < -0.4 is 5.32 Å². The quantitative estimate of drug-likeness (QED) is 0.617. The summed E-state index contributed by atoms with van der Waals surface area (Å²) in [5, 5.41) is 2.53. The van der Waals surface area contributed by atoms with Gasteiger partial charge in [-0.15, -0.1) is 0 Å². The number of esters is 1. The number of nitrogens with one attached hydrogen (secondary N) is 1. The molecule has 0 aliphatic rings. The molecule has 118 valence electrons. The van der Waals surface area contributed by atoms with E-state index in [1.807, 2.05) is 0 Å². The minimum atomic E-state index is -4.50. The Labute approximate surface area is 125 Å². The summed E-state index contributed by atoms with van der Waals surface area (Å²) in [4.78, 5) is 11.0. The molecule has 4 nitrogen and oxygen atoms in total. The number of hydrogen-bond acceptors (Lipinski definition) is 4. The lowest BCUT2D eigenvalue weighted by Gasteiger charge is -2.15. The molecule has 0 aliphatic carbocycles. The van der Waals surface area contributed by atoms with Crippen molar-refractivity contribution in [1.82, 2.24) is 0 Å². The number of carbonyl (C=O) groups excluding carboxylic acids is 1. The third-order valence-corrected chi connectivity index (χ3v) is 2.71. The molecule has 0 radical (unpaired) electrons. The van der Waals surface area contributed by atoms with Gasteiger partial charge in [0.05, 0.1) is 29.5 Å². The van der Waals surface area contributed by atoms with Crippen molar-refractivity contribution in [3.8, 4) is 0 Å². The summed E-state index contributed by atoms with van der Waals surface area (Å²) in [6.07, 6.45) is -4.50. The molecule has 0 spiro atoms. The zero-order valence-corrected chi connectivity index (χ0v) is 12.1. The van der Waals surface area contributed by atoms with E-state index in [0.717, 1.165) is 6.07 Å². The summed E-state index contributed by atoms with van der Waals surface area (Å²) in [6.45, 7) is 1.78. The van der Waals surface area contributed by atoms with E-state index in [0.29, 0.717) is 0 Å². The summed E-state index contributed by atoms with van der Waals surface area (Å²) >= 11 is 5.76. The highest BCUT2D eigenvalue weighted by atomic mass is 35.5. The lowest BCUT2D eigenvalue weighted by molar-refractivity contribution is -0.148. The fraction of sp³-hybridized carbons (Fsp3) is 0.462. The molecule has 1 N–H and O–H groups in total. The molecule has 0 unspecified atom stereocenters. The van der Waals surface area contributed by atoms with Crippen LogP contribution >= 0.6 is 11.6 Å². The minimum absolute atomic E-state index is 0.0322. The first-order valence-electron chi connectivity index (χ1n) is 6.19. The van der Waals surface area contributed by atoms with Crippen molar-refractivity contribution >= 4 is 23.3 Å². The molecule has 21 heavy (non-hydrogen) atoms. The van der Waals surface area contributed by atoms with Crippen LogP contribution in [0.5, 0.6) is 0 Å². The van der Waals surface area contributed by atoms with Crippen molar-refractivity contribution in [2.75, 3.05) is 31.7 Å². The summed E-state index contributed by atoms with van der Waals surface area (Å²) in [5.74, 6) is -0.522. The highest BCUT2D eigenvalue weighted by molar-refractivity contribution is 6.33. The number of benzene rings is 1. The van der Waals surface area contributed by atoms with Crippen LogP contribution in [0.2, 0.25) is 5.02 Å². The molecule has 0 amide bonds. The Morgan fingerprint density at radius 1 is 1.38 bits per heavy atom. The normalized spacial score (nSPS) is 11.3. The SMILES string of the molecule is CCOC(=O)COCCNc1c(Cl)cccc1C(F)(F)F. The molecular formula is C13H15ClF3NO3. The van der Waals surface area contributed by atoms with Crippen molar-refractivity contribution in [1.29, 1.82) is 0 Å². The van der Waals surface area contributed by atoms with Gasteiger partial charge in [-0.1, -0.05) is 17.7 Å². The summed E-state index contributed by atoms with van der Waals surface area (Å²) in [6, 6.07) is 3.53. The molecule has 0 bridgehead atoms. The van der Waals surface area contributed by atoms with Gasteiger partial charge in [-0.05, 0) is 19.1 Å². The Balaban J connectivity index is 2.51. The first-order valence-corrected chi connectivity index (χ1v) is 6.57. The smallest absolute Gasteiger partial charge is 0.418 e. The number of rotatable bonds is 7. The first kappa shape index (κ1) is 17.6. The lowest BCUT2D eigenvalue weighted by atomic mass is 10.1. The van der Waals surface area contributed by atoms with Crippen molar-refractivity contribution in [3.05, 3.63) is 28.8 Å². The maximum absolute atomic E-state index is 12.8. The second-order valence-corrected chi connectivity index (χ2v) is 4.35. The van der Waals surface area contributed by atoms with Crippen LogP contribution in [-0.2, 0) is 20.4 Å². The lowest BCUT2D eigenvalue weighted by Crippen LogP contribution is -2.18. The summed E-state index contributed by atoms with van der Waals surface area (Å²) in [7, 11) is 0. The van der Waals surface area contributed by atoms with Gasteiger partial charge in [-0.2, -0.15) is 13.2 Å². The van der Waals surface area contributed by atoms with E-state index < -0.39 is 17.7 Å². The van der Waals surface area contributed by atoms with E-state index >= 15 is 0 Å². The molecule has 8 heteroatoms. The van der Waals surface area contributed by atoms with Crippen LogP contribution in [0.4, 0.5) is 18.9 Å². The third kappa shape index (κ3) is 5.81. The van der Waals surface area contributed by atoms with Crippen molar-refractivity contribution in [2.24, 2.45) is 0 Å². The van der Waals surface area contributed by atoms with Gasteiger partial charge in [0.2, 0.25) is 0 Å². The van der Waals surface area contributed by atoms with Crippen molar-refractivity contribution in [2.45, 2.75) is 13.1 Å². The van der Waals surface area contributed by atoms with Crippen LogP contribution in [0.25, 0.3) is 0 Å². The van der Waals surface area contributed by atoms with E-state index in [1.165, 1.54) is 12.1 Å². The van der Waals surface area contributed by atoms with Gasteiger partial charge in [-0.3, -0.25) is 0 Å². The Morgan fingerprint density at radius 2 is 2.10 bits per heavy atom. The van der Waals surface area contributed by atoms with Crippen LogP contribution in [0.1, 0.15) is 12.5 Å². The van der Waals surface area contributed by atoms with Crippen LogP contribution in [0.15, 0.2) is 18.2 Å². The maximum Gasteiger partial charge on any atom is 0.418 e. The standard InChI is InChI=1S/C13H15ClF3NO3/c1-2-21-11(19)8-20-7-6-18-12-9(13(15,16)17)4-3-5-10(12)14/h3-5,18H,2,6-8H2,1H3. The van der Waals surface area contributed by atoms with Crippen molar-refractivity contribution in [3.63, 3.8) is 0 Å². The Hall–Kier alpha value is -1.47. The van der Waals surface area contributed by atoms with E-state index in [4.69, 9.17) is 16.3 Å². The number of carbonyl (C=O) groups is 1. The maximum atomic E-state index is 12.8. The highest BCUT2D eigenvalue weighted by Gasteiger charge is 2.34. The fourth-order valence-corrected chi connectivity index (χ4v) is 1.79. The Bertz CT molecular complexity index is 480. The van der Waals surface area contributed by atoms with Crippen LogP contribution in [0, 0.1) is 0 Å². The predicted octanol–water partition coefficient (Wildman–Crippen LogP) is 3.35. The van der Waals surface area contributed by atoms with E-state index in [9.17, 15) is 18.0 Å². The molecule has 0 atom stereocenters. The molecule has 1 aromatic carbocycles. The zero-order valence-electron chi connectivity index (χ0n) is 11.3. The molecule has 0 fully saturated rings. The molecule has 1 rings (SSSR count). The Kier molecular flexibility index (Phi) is 6.77. The molecular weight excluding hydrogens is 311 g/mol. The van der Waals surface area contributed by atoms with Gasteiger partial charge in [0.1, 0.15) is 6.61 Å². The summed E-state index contributed by atoms with van der Waals surface area (Å²) < 4.78 is 48.0. The van der Waals surface area contributed by atoms with Gasteiger partial charge in [0.25, 0.3) is 0 Å². The zero-order chi connectivity index (χ0) is 15.9. The van der Waals surface area contributed by atoms with Crippen molar-refractivity contribution < 1.29 is 27.4 Å². The topological polar surface area (TPSA) is 47.6 Å². The number of para-hydroxylation sites is 1. The van der Waals surface area contributed by atoms with Gasteiger partial charge in [0.15, 0.2) is 0 Å². The second kappa shape index (κ2) is 8.09. The molecule has 0 heterocycles. The molecule has 0 aromatic heterocycles.